The summed E-state index contributed by atoms with van der Waals surface area (Å²) in [5.74, 6) is -2.69. The molecule has 3 aromatic carbocycles. The number of hydrogen-bond donors (Lipinski definition) is 4. The number of carbonyl (C=O) groups is 4. The lowest BCUT2D eigenvalue weighted by Gasteiger charge is -2.20. The average molecular weight is 583 g/mol. The Morgan fingerprint density at radius 2 is 0.881 bits per heavy atom. The van der Waals surface area contributed by atoms with Crippen LogP contribution in [0.4, 0.5) is 41.1 Å². The van der Waals surface area contributed by atoms with Gasteiger partial charge in [0.05, 0.1) is 11.4 Å². The number of benzene rings is 3. The quantitative estimate of drug-likeness (QED) is 0.244. The minimum atomic E-state index is -0.820. The van der Waals surface area contributed by atoms with Gasteiger partial charge < -0.3 is 20.1 Å². The van der Waals surface area contributed by atoms with Crippen molar-refractivity contribution < 1.29 is 37.4 Å². The zero-order valence-electron chi connectivity index (χ0n) is 24.0. The van der Waals surface area contributed by atoms with Gasteiger partial charge in [-0.05, 0) is 102 Å². The van der Waals surface area contributed by atoms with Crippen molar-refractivity contribution in [1.82, 2.24) is 0 Å². The molecule has 3 aromatic rings. The van der Waals surface area contributed by atoms with Crippen LogP contribution in [0.2, 0.25) is 0 Å². The average Bonchev–Trinajstić information content (AvgIpc) is 2.85. The van der Waals surface area contributed by atoms with Crippen LogP contribution in [0.5, 0.6) is 0 Å². The number of anilines is 4. The molecule has 0 bridgehead atoms. The van der Waals surface area contributed by atoms with E-state index in [4.69, 9.17) is 9.47 Å². The van der Waals surface area contributed by atoms with Crippen molar-refractivity contribution in [2.45, 2.75) is 52.7 Å². The van der Waals surface area contributed by atoms with Crippen molar-refractivity contribution in [2.75, 3.05) is 21.3 Å². The van der Waals surface area contributed by atoms with Gasteiger partial charge in [0.15, 0.2) is 0 Å². The van der Waals surface area contributed by atoms with Crippen LogP contribution in [0.1, 0.15) is 62.3 Å². The Kier molecular flexibility index (Phi) is 9.51. The molecule has 0 saturated heterocycles. The number of hydrogen-bond acceptors (Lipinski definition) is 6. The molecule has 3 rings (SSSR count). The van der Waals surface area contributed by atoms with E-state index < -0.39 is 46.8 Å². The summed E-state index contributed by atoms with van der Waals surface area (Å²) in [5, 5.41) is 9.69. The van der Waals surface area contributed by atoms with E-state index in [1.165, 1.54) is 48.5 Å². The third-order valence-corrected chi connectivity index (χ3v) is 5.13. The Bertz CT molecular complexity index is 1380. The standard InChI is InChI=1S/C30H32F2N4O6/c1-29(2,3)41-27(39)35-23-13-11-19(15-21(23)31)33-25(37)17-7-9-18(10-8-17)26(38)34-20-12-14-24(22(32)16-20)36-28(40)42-30(4,5)6/h7-16H,1-6H3,(H,33,37)(H,34,38)(H,35,39)(H,36,40). The first-order chi connectivity index (χ1) is 19.5. The van der Waals surface area contributed by atoms with E-state index in [1.54, 1.807) is 41.5 Å². The normalized spacial score (nSPS) is 11.2. The number of halogens is 2. The molecule has 10 nitrogen and oxygen atoms in total. The topological polar surface area (TPSA) is 135 Å². The van der Waals surface area contributed by atoms with Crippen LogP contribution < -0.4 is 21.3 Å². The molecule has 222 valence electrons. The summed E-state index contributed by atoms with van der Waals surface area (Å²) in [7, 11) is 0. The minimum absolute atomic E-state index is 0.119. The molecular weight excluding hydrogens is 550 g/mol. The second-order valence-corrected chi connectivity index (χ2v) is 11.1. The van der Waals surface area contributed by atoms with Gasteiger partial charge in [0.1, 0.15) is 22.8 Å². The Hall–Kier alpha value is -5.00. The molecule has 12 heteroatoms. The maximum atomic E-state index is 14.5. The van der Waals surface area contributed by atoms with E-state index in [2.05, 4.69) is 21.3 Å². The number of amides is 4. The first-order valence-electron chi connectivity index (χ1n) is 12.8. The van der Waals surface area contributed by atoms with E-state index in [9.17, 15) is 28.0 Å². The summed E-state index contributed by atoms with van der Waals surface area (Å²) in [5.41, 5.74) is -1.09. The maximum absolute atomic E-state index is 14.5. The van der Waals surface area contributed by atoms with Crippen LogP contribution in [0.25, 0.3) is 0 Å². The summed E-state index contributed by atoms with van der Waals surface area (Å²) in [6.07, 6.45) is -1.64. The molecule has 0 saturated carbocycles. The Labute approximate surface area is 241 Å². The van der Waals surface area contributed by atoms with E-state index in [1.807, 2.05) is 0 Å². The van der Waals surface area contributed by atoms with E-state index >= 15 is 0 Å². The van der Waals surface area contributed by atoms with E-state index in [0.717, 1.165) is 12.1 Å². The van der Waals surface area contributed by atoms with Gasteiger partial charge in [0, 0.05) is 22.5 Å². The highest BCUT2D eigenvalue weighted by molar-refractivity contribution is 6.07. The zero-order chi connectivity index (χ0) is 31.2. The van der Waals surface area contributed by atoms with Crippen molar-refractivity contribution in [3.63, 3.8) is 0 Å². The van der Waals surface area contributed by atoms with Crippen LogP contribution in [0.3, 0.4) is 0 Å². The van der Waals surface area contributed by atoms with E-state index in [0.29, 0.717) is 0 Å². The highest BCUT2D eigenvalue weighted by Crippen LogP contribution is 2.22. The van der Waals surface area contributed by atoms with Gasteiger partial charge in [-0.1, -0.05) is 0 Å². The fourth-order valence-electron chi connectivity index (χ4n) is 3.40. The first-order valence-corrected chi connectivity index (χ1v) is 12.8. The lowest BCUT2D eigenvalue weighted by atomic mass is 10.1. The number of rotatable bonds is 6. The van der Waals surface area contributed by atoms with Crippen molar-refractivity contribution in [2.24, 2.45) is 0 Å². The number of nitrogens with one attached hydrogen (secondary N) is 4. The Balaban J connectivity index is 1.58. The summed E-state index contributed by atoms with van der Waals surface area (Å²) >= 11 is 0. The van der Waals surface area contributed by atoms with Crippen LogP contribution >= 0.6 is 0 Å². The SMILES string of the molecule is CC(C)(C)OC(=O)Nc1ccc(NC(=O)c2ccc(C(=O)Nc3ccc(NC(=O)OC(C)(C)C)c(F)c3)cc2)cc1F. The molecule has 0 aliphatic rings. The van der Waals surface area contributed by atoms with Crippen LogP contribution in [0, 0.1) is 11.6 Å². The molecule has 0 radical (unpaired) electrons. The van der Waals surface area contributed by atoms with Crippen LogP contribution in [-0.2, 0) is 9.47 Å². The monoisotopic (exact) mass is 582 g/mol. The Morgan fingerprint density at radius 3 is 1.17 bits per heavy atom. The number of carbonyl (C=O) groups excluding carboxylic acids is 4. The molecule has 0 aromatic heterocycles. The largest absolute Gasteiger partial charge is 0.444 e. The third-order valence-electron chi connectivity index (χ3n) is 5.13. The fourth-order valence-corrected chi connectivity index (χ4v) is 3.40. The Morgan fingerprint density at radius 1 is 0.548 bits per heavy atom. The predicted molar refractivity (Wildman–Crippen MR) is 155 cm³/mol. The summed E-state index contributed by atoms with van der Waals surface area (Å²) in [4.78, 5) is 49.0. The van der Waals surface area contributed by atoms with Gasteiger partial charge in [-0.15, -0.1) is 0 Å². The van der Waals surface area contributed by atoms with Gasteiger partial charge in [0.25, 0.3) is 11.8 Å². The second kappa shape index (κ2) is 12.7. The predicted octanol–water partition coefficient (Wildman–Crippen LogP) is 7.16. The minimum Gasteiger partial charge on any atom is -0.444 e. The third kappa shape index (κ3) is 9.58. The van der Waals surface area contributed by atoms with Gasteiger partial charge in [-0.25, -0.2) is 18.4 Å². The molecular formula is C30H32F2N4O6. The maximum Gasteiger partial charge on any atom is 0.412 e. The summed E-state index contributed by atoms with van der Waals surface area (Å²) in [6, 6.07) is 13.0. The second-order valence-electron chi connectivity index (χ2n) is 11.1. The van der Waals surface area contributed by atoms with Gasteiger partial charge in [-0.3, -0.25) is 20.2 Å². The smallest absolute Gasteiger partial charge is 0.412 e. The lowest BCUT2D eigenvalue weighted by molar-refractivity contribution is 0.0624. The molecule has 0 atom stereocenters. The van der Waals surface area contributed by atoms with Crippen molar-refractivity contribution in [3.05, 3.63) is 83.4 Å². The number of ether oxygens (including phenoxy) is 2. The summed E-state index contributed by atoms with van der Waals surface area (Å²) in [6.45, 7) is 10.1. The summed E-state index contributed by atoms with van der Waals surface area (Å²) < 4.78 is 39.1. The molecule has 0 spiro atoms. The van der Waals surface area contributed by atoms with Gasteiger partial charge in [0.2, 0.25) is 0 Å². The lowest BCUT2D eigenvalue weighted by Crippen LogP contribution is -2.27. The van der Waals surface area contributed by atoms with Crippen molar-refractivity contribution >= 4 is 46.8 Å². The molecule has 0 heterocycles. The molecule has 4 N–H and O–H groups in total. The van der Waals surface area contributed by atoms with Crippen LogP contribution in [-0.4, -0.2) is 35.2 Å². The molecule has 0 aliphatic carbocycles. The molecule has 0 unspecified atom stereocenters. The van der Waals surface area contributed by atoms with Crippen molar-refractivity contribution in [1.29, 1.82) is 0 Å². The molecule has 4 amide bonds. The molecule has 0 aliphatic heterocycles. The van der Waals surface area contributed by atoms with Gasteiger partial charge >= 0.3 is 12.2 Å². The first kappa shape index (κ1) is 31.5. The highest BCUT2D eigenvalue weighted by Gasteiger charge is 2.19. The fraction of sp³-hybridized carbons (Fsp3) is 0.267. The van der Waals surface area contributed by atoms with Crippen LogP contribution in [0.15, 0.2) is 60.7 Å². The highest BCUT2D eigenvalue weighted by atomic mass is 19.1. The molecule has 42 heavy (non-hydrogen) atoms. The van der Waals surface area contributed by atoms with E-state index in [-0.39, 0.29) is 33.9 Å². The van der Waals surface area contributed by atoms with Gasteiger partial charge in [-0.2, -0.15) is 0 Å². The van der Waals surface area contributed by atoms with Crippen molar-refractivity contribution in [3.8, 4) is 0 Å². The zero-order valence-corrected chi connectivity index (χ0v) is 24.0. The molecule has 0 fully saturated rings.